The second kappa shape index (κ2) is 4.31. The molecule has 0 radical (unpaired) electrons. The number of hydrogen-bond donors (Lipinski definition) is 0. The Bertz CT molecular complexity index is 830. The van der Waals surface area contributed by atoms with Crippen molar-refractivity contribution < 1.29 is 4.79 Å². The van der Waals surface area contributed by atoms with Gasteiger partial charge in [-0.25, -0.2) is 0 Å². The van der Waals surface area contributed by atoms with Gasteiger partial charge in [0.2, 0.25) is 0 Å². The van der Waals surface area contributed by atoms with E-state index in [-0.39, 0.29) is 5.78 Å². The summed E-state index contributed by atoms with van der Waals surface area (Å²) in [4.78, 5) is 12.9. The summed E-state index contributed by atoms with van der Waals surface area (Å²) in [5, 5.41) is 2.21. The molecule has 0 bridgehead atoms. The van der Waals surface area contributed by atoms with Crippen molar-refractivity contribution in [2.24, 2.45) is 0 Å². The van der Waals surface area contributed by atoms with Gasteiger partial charge in [0.15, 0.2) is 5.78 Å². The summed E-state index contributed by atoms with van der Waals surface area (Å²) in [5.41, 5.74) is 4.10. The van der Waals surface area contributed by atoms with Crippen molar-refractivity contribution in [1.82, 2.24) is 0 Å². The molecule has 96 valence electrons. The first-order valence-electron chi connectivity index (χ1n) is 6.98. The van der Waals surface area contributed by atoms with Crippen LogP contribution in [0.15, 0.2) is 60.7 Å². The fourth-order valence-corrected chi connectivity index (χ4v) is 3.16. The molecule has 0 N–H and O–H groups in total. The van der Waals surface area contributed by atoms with Crippen LogP contribution in [0.2, 0.25) is 0 Å². The van der Waals surface area contributed by atoms with E-state index in [0.717, 1.165) is 40.3 Å². The van der Waals surface area contributed by atoms with E-state index >= 15 is 0 Å². The summed E-state index contributed by atoms with van der Waals surface area (Å²) in [7, 11) is 0. The molecule has 0 heterocycles. The monoisotopic (exact) mass is 258 g/mol. The molecule has 1 aliphatic carbocycles. The van der Waals surface area contributed by atoms with Crippen LogP contribution in [0.3, 0.4) is 0 Å². The Morgan fingerprint density at radius 1 is 0.700 bits per heavy atom. The Morgan fingerprint density at radius 2 is 1.45 bits per heavy atom. The van der Waals surface area contributed by atoms with Crippen molar-refractivity contribution in [3.63, 3.8) is 0 Å². The highest BCUT2D eigenvalue weighted by Crippen LogP contribution is 2.30. The third-order valence-electron chi connectivity index (χ3n) is 4.17. The van der Waals surface area contributed by atoms with E-state index in [2.05, 4.69) is 30.3 Å². The van der Waals surface area contributed by atoms with E-state index < -0.39 is 0 Å². The average Bonchev–Trinajstić information content (AvgIpc) is 2.65. The lowest BCUT2D eigenvalue weighted by Gasteiger charge is -2.09. The Kier molecular flexibility index (Phi) is 2.46. The topological polar surface area (TPSA) is 17.1 Å². The lowest BCUT2D eigenvalue weighted by molar-refractivity contribution is 0.104. The molecule has 0 spiro atoms. The van der Waals surface area contributed by atoms with Crippen LogP contribution in [0.1, 0.15) is 27.0 Å². The van der Waals surface area contributed by atoms with Gasteiger partial charge >= 0.3 is 0 Å². The minimum absolute atomic E-state index is 0.171. The Hall–Kier alpha value is -2.41. The SMILES string of the molecule is O=C1c2ccccc2CCc2ccc3ccccc3c21. The van der Waals surface area contributed by atoms with Crippen LogP contribution in [0.5, 0.6) is 0 Å². The summed E-state index contributed by atoms with van der Waals surface area (Å²) in [5.74, 6) is 0.171. The Morgan fingerprint density at radius 3 is 2.40 bits per heavy atom. The molecule has 1 aliphatic rings. The highest BCUT2D eigenvalue weighted by Gasteiger charge is 2.22. The maximum atomic E-state index is 12.9. The smallest absolute Gasteiger partial charge is 0.194 e. The zero-order valence-electron chi connectivity index (χ0n) is 11.1. The van der Waals surface area contributed by atoms with Gasteiger partial charge in [-0.2, -0.15) is 0 Å². The molecule has 0 amide bonds. The maximum Gasteiger partial charge on any atom is 0.194 e. The predicted molar refractivity (Wildman–Crippen MR) is 81.2 cm³/mol. The minimum Gasteiger partial charge on any atom is -0.289 e. The molecule has 0 atom stereocenters. The van der Waals surface area contributed by atoms with E-state index in [0.29, 0.717) is 0 Å². The molecular formula is C19H14O. The summed E-state index contributed by atoms with van der Waals surface area (Å²) < 4.78 is 0. The molecule has 3 aromatic carbocycles. The van der Waals surface area contributed by atoms with E-state index in [1.165, 1.54) is 5.56 Å². The Labute approximate surface area is 117 Å². The summed E-state index contributed by atoms with van der Waals surface area (Å²) in [6.07, 6.45) is 1.87. The molecule has 0 unspecified atom stereocenters. The molecule has 1 heteroatoms. The third-order valence-corrected chi connectivity index (χ3v) is 4.17. The van der Waals surface area contributed by atoms with E-state index in [4.69, 9.17) is 0 Å². The van der Waals surface area contributed by atoms with E-state index in [9.17, 15) is 4.79 Å². The van der Waals surface area contributed by atoms with Crippen LogP contribution in [-0.4, -0.2) is 5.78 Å². The van der Waals surface area contributed by atoms with Gasteiger partial charge in [-0.15, -0.1) is 0 Å². The van der Waals surface area contributed by atoms with E-state index in [1.54, 1.807) is 0 Å². The van der Waals surface area contributed by atoms with Gasteiger partial charge in [0, 0.05) is 11.1 Å². The molecule has 0 saturated heterocycles. The zero-order valence-corrected chi connectivity index (χ0v) is 11.1. The highest BCUT2D eigenvalue weighted by molar-refractivity contribution is 6.18. The van der Waals surface area contributed by atoms with Gasteiger partial charge in [0.05, 0.1) is 0 Å². The third kappa shape index (κ3) is 1.60. The normalized spacial score (nSPS) is 13.7. The van der Waals surface area contributed by atoms with Crippen LogP contribution in [0.4, 0.5) is 0 Å². The summed E-state index contributed by atoms with van der Waals surface area (Å²) >= 11 is 0. The lowest BCUT2D eigenvalue weighted by Crippen LogP contribution is -2.05. The zero-order chi connectivity index (χ0) is 13.5. The Balaban J connectivity index is 2.06. The van der Waals surface area contributed by atoms with Crippen molar-refractivity contribution in [2.75, 3.05) is 0 Å². The number of ketones is 1. The van der Waals surface area contributed by atoms with Crippen LogP contribution in [0.25, 0.3) is 10.8 Å². The molecule has 1 nitrogen and oxygen atoms in total. The predicted octanol–water partition coefficient (Wildman–Crippen LogP) is 4.17. The second-order valence-corrected chi connectivity index (χ2v) is 5.31. The molecule has 4 rings (SSSR count). The number of carbonyl (C=O) groups excluding carboxylic acids is 1. The summed E-state index contributed by atoms with van der Waals surface area (Å²) in [6, 6.07) is 20.4. The summed E-state index contributed by atoms with van der Waals surface area (Å²) in [6.45, 7) is 0. The number of fused-ring (bicyclic) bond motifs is 4. The number of hydrogen-bond acceptors (Lipinski definition) is 1. The van der Waals surface area contributed by atoms with Gasteiger partial charge in [-0.05, 0) is 34.7 Å². The second-order valence-electron chi connectivity index (χ2n) is 5.31. The van der Waals surface area contributed by atoms with Crippen molar-refractivity contribution in [2.45, 2.75) is 12.8 Å². The van der Waals surface area contributed by atoms with E-state index in [1.807, 2.05) is 30.3 Å². The quantitative estimate of drug-likeness (QED) is 0.591. The minimum atomic E-state index is 0.171. The molecule has 20 heavy (non-hydrogen) atoms. The van der Waals surface area contributed by atoms with Crippen molar-refractivity contribution in [3.8, 4) is 0 Å². The van der Waals surface area contributed by atoms with Crippen LogP contribution in [-0.2, 0) is 12.8 Å². The molecule has 0 aliphatic heterocycles. The molecule has 0 fully saturated rings. The van der Waals surface area contributed by atoms with Crippen LogP contribution in [0, 0.1) is 0 Å². The number of aryl methyl sites for hydroxylation is 2. The van der Waals surface area contributed by atoms with Gasteiger partial charge < -0.3 is 0 Å². The highest BCUT2D eigenvalue weighted by atomic mass is 16.1. The number of carbonyl (C=O) groups is 1. The standard InChI is InChI=1S/C19H14O/c20-19-17-8-4-2-6-14(17)10-12-15-11-9-13-5-1-3-7-16(13)18(15)19/h1-9,11H,10,12H2. The van der Waals surface area contributed by atoms with Gasteiger partial charge in [-0.1, -0.05) is 60.7 Å². The molecule has 0 aromatic heterocycles. The largest absolute Gasteiger partial charge is 0.289 e. The molecule has 3 aromatic rings. The maximum absolute atomic E-state index is 12.9. The van der Waals surface area contributed by atoms with Gasteiger partial charge in [0.1, 0.15) is 0 Å². The van der Waals surface area contributed by atoms with Crippen molar-refractivity contribution >= 4 is 16.6 Å². The van der Waals surface area contributed by atoms with Crippen LogP contribution >= 0.6 is 0 Å². The number of benzene rings is 3. The molecule has 0 saturated carbocycles. The van der Waals surface area contributed by atoms with Crippen molar-refractivity contribution in [1.29, 1.82) is 0 Å². The first kappa shape index (κ1) is 11.4. The fraction of sp³-hybridized carbons (Fsp3) is 0.105. The van der Waals surface area contributed by atoms with Crippen LogP contribution < -0.4 is 0 Å². The lowest BCUT2D eigenvalue weighted by atomic mass is 9.93. The molecular weight excluding hydrogens is 244 g/mol. The van der Waals surface area contributed by atoms with Crippen molar-refractivity contribution in [3.05, 3.63) is 82.9 Å². The van der Waals surface area contributed by atoms with Gasteiger partial charge in [0.25, 0.3) is 0 Å². The first-order valence-corrected chi connectivity index (χ1v) is 6.98. The first-order chi connectivity index (χ1) is 9.84. The van der Waals surface area contributed by atoms with Gasteiger partial charge in [-0.3, -0.25) is 4.79 Å². The number of rotatable bonds is 0. The fourth-order valence-electron chi connectivity index (χ4n) is 3.16. The average molecular weight is 258 g/mol.